The van der Waals surface area contributed by atoms with Crippen LogP contribution in [0.1, 0.15) is 26.5 Å². The summed E-state index contributed by atoms with van der Waals surface area (Å²) in [6.07, 6.45) is -0.0732. The van der Waals surface area contributed by atoms with E-state index >= 15 is 0 Å². The van der Waals surface area contributed by atoms with Crippen molar-refractivity contribution in [2.45, 2.75) is 27.2 Å². The van der Waals surface area contributed by atoms with Crippen LogP contribution in [-0.4, -0.2) is 22.0 Å². The van der Waals surface area contributed by atoms with Crippen LogP contribution in [0.15, 0.2) is 29.6 Å². The highest BCUT2D eigenvalue weighted by atomic mass is 32.1. The van der Waals surface area contributed by atoms with Gasteiger partial charge >= 0.3 is 5.97 Å². The number of carboxylic acids is 1. The van der Waals surface area contributed by atoms with Gasteiger partial charge in [0.1, 0.15) is 5.01 Å². The van der Waals surface area contributed by atoms with Gasteiger partial charge in [-0.2, -0.15) is 0 Å². The van der Waals surface area contributed by atoms with Crippen molar-refractivity contribution < 1.29 is 14.7 Å². The van der Waals surface area contributed by atoms with Gasteiger partial charge in [-0.15, -0.1) is 11.3 Å². The fraction of sp³-hybridized carbons (Fsp3) is 0.312. The summed E-state index contributed by atoms with van der Waals surface area (Å²) in [4.78, 5) is 26.9. The minimum absolute atomic E-state index is 0.0433. The van der Waals surface area contributed by atoms with Crippen LogP contribution in [-0.2, 0) is 16.0 Å². The number of hydrogen-bond acceptors (Lipinski definition) is 4. The van der Waals surface area contributed by atoms with Crippen molar-refractivity contribution in [3.8, 4) is 10.6 Å². The molecule has 5 nitrogen and oxygen atoms in total. The zero-order valence-electron chi connectivity index (χ0n) is 12.7. The SMILES string of the molecule is CC(C)(C)C(=O)Nc1ccc(-c2nc(CC(=O)O)cs2)cc1. The molecule has 0 spiro atoms. The molecule has 0 atom stereocenters. The molecule has 1 heterocycles. The molecule has 0 unspecified atom stereocenters. The van der Waals surface area contributed by atoms with Gasteiger partial charge in [0.05, 0.1) is 12.1 Å². The molecule has 0 fully saturated rings. The van der Waals surface area contributed by atoms with E-state index in [4.69, 9.17) is 5.11 Å². The summed E-state index contributed by atoms with van der Waals surface area (Å²) in [5.41, 5.74) is 1.73. The number of aromatic nitrogens is 1. The normalized spacial score (nSPS) is 11.2. The summed E-state index contributed by atoms with van der Waals surface area (Å²) in [7, 11) is 0. The van der Waals surface area contributed by atoms with Gasteiger partial charge in [-0.3, -0.25) is 9.59 Å². The van der Waals surface area contributed by atoms with Crippen molar-refractivity contribution in [3.05, 3.63) is 35.3 Å². The Balaban J connectivity index is 2.10. The first-order valence-corrected chi connectivity index (χ1v) is 7.72. The Morgan fingerprint density at radius 1 is 1.23 bits per heavy atom. The Kier molecular flexibility index (Phi) is 4.61. The third-order valence-electron chi connectivity index (χ3n) is 2.95. The van der Waals surface area contributed by atoms with Crippen molar-refractivity contribution in [1.29, 1.82) is 0 Å². The van der Waals surface area contributed by atoms with Gasteiger partial charge < -0.3 is 10.4 Å². The Hall–Kier alpha value is -2.21. The summed E-state index contributed by atoms with van der Waals surface area (Å²) in [6, 6.07) is 7.36. The first kappa shape index (κ1) is 16.2. The number of carboxylic acid groups (broad SMARTS) is 1. The van der Waals surface area contributed by atoms with Crippen LogP contribution in [0.5, 0.6) is 0 Å². The van der Waals surface area contributed by atoms with E-state index in [1.807, 2.05) is 45.0 Å². The predicted molar refractivity (Wildman–Crippen MR) is 87.0 cm³/mol. The molecule has 0 aliphatic carbocycles. The highest BCUT2D eigenvalue weighted by molar-refractivity contribution is 7.13. The van der Waals surface area contributed by atoms with Gasteiger partial charge in [-0.05, 0) is 24.3 Å². The van der Waals surface area contributed by atoms with Crippen LogP contribution in [0.2, 0.25) is 0 Å². The molecule has 0 aliphatic heterocycles. The Bertz CT molecular complexity index is 684. The van der Waals surface area contributed by atoms with Crippen LogP contribution in [0, 0.1) is 5.41 Å². The van der Waals surface area contributed by atoms with Gasteiger partial charge in [0.25, 0.3) is 0 Å². The highest BCUT2D eigenvalue weighted by Crippen LogP contribution is 2.26. The smallest absolute Gasteiger partial charge is 0.309 e. The molecule has 1 aromatic heterocycles. The lowest BCUT2D eigenvalue weighted by atomic mass is 9.95. The standard InChI is InChI=1S/C16H18N2O3S/c1-16(2,3)15(21)18-11-6-4-10(5-7-11)14-17-12(9-22-14)8-13(19)20/h4-7,9H,8H2,1-3H3,(H,18,21)(H,19,20). The number of nitrogens with zero attached hydrogens (tertiary/aromatic N) is 1. The van der Waals surface area contributed by atoms with Gasteiger partial charge in [0.15, 0.2) is 0 Å². The Morgan fingerprint density at radius 2 is 1.86 bits per heavy atom. The number of rotatable bonds is 4. The summed E-state index contributed by atoms with van der Waals surface area (Å²) in [5.74, 6) is -0.935. The topological polar surface area (TPSA) is 79.3 Å². The molecule has 1 aromatic carbocycles. The van der Waals surface area contributed by atoms with Crippen LogP contribution in [0.4, 0.5) is 5.69 Å². The number of carbonyl (C=O) groups excluding carboxylic acids is 1. The fourth-order valence-corrected chi connectivity index (χ4v) is 2.52. The van der Waals surface area contributed by atoms with Crippen LogP contribution in [0.3, 0.4) is 0 Å². The summed E-state index contributed by atoms with van der Waals surface area (Å²) >= 11 is 1.41. The molecule has 0 saturated heterocycles. The van der Waals surface area contributed by atoms with Gasteiger partial charge in [-0.25, -0.2) is 4.98 Å². The Labute approximate surface area is 133 Å². The van der Waals surface area contributed by atoms with Gasteiger partial charge in [0, 0.05) is 22.0 Å². The number of thiazole rings is 1. The van der Waals surface area contributed by atoms with Crippen LogP contribution >= 0.6 is 11.3 Å². The number of nitrogens with one attached hydrogen (secondary N) is 1. The molecule has 0 aliphatic rings. The minimum atomic E-state index is -0.892. The van der Waals surface area contributed by atoms with Crippen LogP contribution < -0.4 is 5.32 Å². The van der Waals surface area contributed by atoms with E-state index in [-0.39, 0.29) is 12.3 Å². The van der Waals surface area contributed by atoms with Crippen molar-refractivity contribution >= 4 is 28.9 Å². The lowest BCUT2D eigenvalue weighted by Gasteiger charge is -2.17. The largest absolute Gasteiger partial charge is 0.481 e. The van der Waals surface area contributed by atoms with Crippen molar-refractivity contribution in [3.63, 3.8) is 0 Å². The second-order valence-electron chi connectivity index (χ2n) is 6.00. The van der Waals surface area contributed by atoms with Gasteiger partial charge in [0.2, 0.25) is 5.91 Å². The number of hydrogen-bond donors (Lipinski definition) is 2. The molecular weight excluding hydrogens is 300 g/mol. The van der Waals surface area contributed by atoms with E-state index in [9.17, 15) is 9.59 Å². The van der Waals surface area contributed by atoms with E-state index in [0.717, 1.165) is 16.3 Å². The number of anilines is 1. The molecular formula is C16H18N2O3S. The third-order valence-corrected chi connectivity index (χ3v) is 3.90. The third kappa shape index (κ3) is 4.14. The zero-order chi connectivity index (χ0) is 16.3. The van der Waals surface area contributed by atoms with E-state index in [0.29, 0.717) is 5.69 Å². The molecule has 2 rings (SSSR count). The highest BCUT2D eigenvalue weighted by Gasteiger charge is 2.21. The molecule has 116 valence electrons. The van der Waals surface area contributed by atoms with E-state index in [1.165, 1.54) is 11.3 Å². The lowest BCUT2D eigenvalue weighted by Crippen LogP contribution is -2.27. The Morgan fingerprint density at radius 3 is 2.41 bits per heavy atom. The van der Waals surface area contributed by atoms with E-state index in [1.54, 1.807) is 5.38 Å². The minimum Gasteiger partial charge on any atom is -0.481 e. The second kappa shape index (κ2) is 6.27. The van der Waals surface area contributed by atoms with Crippen molar-refractivity contribution in [2.75, 3.05) is 5.32 Å². The molecule has 0 saturated carbocycles. The quantitative estimate of drug-likeness (QED) is 0.905. The summed E-state index contributed by atoms with van der Waals surface area (Å²) in [5, 5.41) is 14.1. The lowest BCUT2D eigenvalue weighted by molar-refractivity contribution is -0.136. The van der Waals surface area contributed by atoms with E-state index in [2.05, 4.69) is 10.3 Å². The second-order valence-corrected chi connectivity index (χ2v) is 6.85. The van der Waals surface area contributed by atoms with Crippen molar-refractivity contribution in [2.24, 2.45) is 5.41 Å². The number of amides is 1. The average Bonchev–Trinajstić information content (AvgIpc) is 2.86. The fourth-order valence-electron chi connectivity index (χ4n) is 1.69. The summed E-state index contributed by atoms with van der Waals surface area (Å²) < 4.78 is 0. The molecule has 1 amide bonds. The number of aliphatic carboxylic acids is 1. The van der Waals surface area contributed by atoms with Crippen LogP contribution in [0.25, 0.3) is 10.6 Å². The molecule has 2 aromatic rings. The molecule has 0 radical (unpaired) electrons. The first-order chi connectivity index (χ1) is 10.3. The van der Waals surface area contributed by atoms with Crippen molar-refractivity contribution in [1.82, 2.24) is 4.98 Å². The van der Waals surface area contributed by atoms with Gasteiger partial charge in [-0.1, -0.05) is 20.8 Å². The number of benzene rings is 1. The predicted octanol–water partition coefficient (Wildman–Crippen LogP) is 3.42. The monoisotopic (exact) mass is 318 g/mol. The molecule has 0 bridgehead atoms. The average molecular weight is 318 g/mol. The maximum absolute atomic E-state index is 11.9. The first-order valence-electron chi connectivity index (χ1n) is 6.84. The maximum atomic E-state index is 11.9. The molecule has 2 N–H and O–H groups in total. The molecule has 22 heavy (non-hydrogen) atoms. The van der Waals surface area contributed by atoms with E-state index < -0.39 is 11.4 Å². The molecule has 6 heteroatoms. The number of carbonyl (C=O) groups is 2. The zero-order valence-corrected chi connectivity index (χ0v) is 13.5. The summed E-state index contributed by atoms with van der Waals surface area (Å²) in [6.45, 7) is 5.57. The maximum Gasteiger partial charge on any atom is 0.309 e.